The molecular formula is C16H31N7. The van der Waals surface area contributed by atoms with Crippen molar-refractivity contribution in [3.63, 3.8) is 0 Å². The molecule has 2 heterocycles. The van der Waals surface area contributed by atoms with Crippen molar-refractivity contribution in [3.05, 3.63) is 18.5 Å². The number of aryl methyl sites for hydroxylation is 1. The number of aliphatic imine (C=N–C) groups is 1. The van der Waals surface area contributed by atoms with Crippen LogP contribution in [0.25, 0.3) is 0 Å². The average molecular weight is 321 g/mol. The molecular weight excluding hydrogens is 290 g/mol. The quantitative estimate of drug-likeness (QED) is 0.403. The Labute approximate surface area is 139 Å². The van der Waals surface area contributed by atoms with E-state index >= 15 is 0 Å². The fourth-order valence-corrected chi connectivity index (χ4v) is 2.76. The Morgan fingerprint density at radius 3 is 2.48 bits per heavy atom. The predicted molar refractivity (Wildman–Crippen MR) is 94.8 cm³/mol. The first-order valence-electron chi connectivity index (χ1n) is 8.68. The predicted octanol–water partition coefficient (Wildman–Crippen LogP) is 0.0757. The molecule has 1 saturated heterocycles. The SMILES string of the molecule is CCN1CCN(CCNC(=NC)NCCCn2cccn2)CC1. The van der Waals surface area contributed by atoms with Gasteiger partial charge in [0.15, 0.2) is 5.96 Å². The van der Waals surface area contributed by atoms with Crippen LogP contribution in [0.15, 0.2) is 23.5 Å². The van der Waals surface area contributed by atoms with E-state index in [0.29, 0.717) is 0 Å². The molecule has 0 saturated carbocycles. The third kappa shape index (κ3) is 6.58. The van der Waals surface area contributed by atoms with Gasteiger partial charge in [-0.25, -0.2) is 0 Å². The Balaban J connectivity index is 1.53. The van der Waals surface area contributed by atoms with Gasteiger partial charge in [-0.1, -0.05) is 6.92 Å². The van der Waals surface area contributed by atoms with Gasteiger partial charge in [-0.05, 0) is 19.0 Å². The fourth-order valence-electron chi connectivity index (χ4n) is 2.76. The van der Waals surface area contributed by atoms with E-state index in [2.05, 4.69) is 37.4 Å². The van der Waals surface area contributed by atoms with Crippen molar-refractivity contribution < 1.29 is 0 Å². The van der Waals surface area contributed by atoms with Gasteiger partial charge in [0.2, 0.25) is 0 Å². The van der Waals surface area contributed by atoms with E-state index < -0.39 is 0 Å². The highest BCUT2D eigenvalue weighted by molar-refractivity contribution is 5.79. The number of guanidine groups is 1. The highest BCUT2D eigenvalue weighted by Crippen LogP contribution is 1.99. The van der Waals surface area contributed by atoms with Gasteiger partial charge in [-0.3, -0.25) is 14.6 Å². The van der Waals surface area contributed by atoms with E-state index in [9.17, 15) is 0 Å². The fraction of sp³-hybridized carbons (Fsp3) is 0.750. The third-order valence-corrected chi connectivity index (χ3v) is 4.27. The van der Waals surface area contributed by atoms with Crippen LogP contribution in [0.3, 0.4) is 0 Å². The molecule has 7 heteroatoms. The summed E-state index contributed by atoms with van der Waals surface area (Å²) in [6.45, 7) is 12.0. The number of rotatable bonds is 8. The third-order valence-electron chi connectivity index (χ3n) is 4.27. The van der Waals surface area contributed by atoms with Crippen molar-refractivity contribution in [1.82, 2.24) is 30.2 Å². The molecule has 0 atom stereocenters. The van der Waals surface area contributed by atoms with Crippen molar-refractivity contribution >= 4 is 5.96 Å². The molecule has 2 N–H and O–H groups in total. The maximum absolute atomic E-state index is 4.28. The lowest BCUT2D eigenvalue weighted by Gasteiger charge is -2.34. The van der Waals surface area contributed by atoms with Crippen LogP contribution in [0.4, 0.5) is 0 Å². The molecule has 1 aromatic heterocycles. The molecule has 2 rings (SSSR count). The summed E-state index contributed by atoms with van der Waals surface area (Å²) in [7, 11) is 1.82. The van der Waals surface area contributed by atoms with Crippen molar-refractivity contribution in [2.24, 2.45) is 4.99 Å². The summed E-state index contributed by atoms with van der Waals surface area (Å²) >= 11 is 0. The van der Waals surface area contributed by atoms with Crippen LogP contribution < -0.4 is 10.6 Å². The summed E-state index contributed by atoms with van der Waals surface area (Å²) in [4.78, 5) is 9.30. The smallest absolute Gasteiger partial charge is 0.191 e. The first-order valence-corrected chi connectivity index (χ1v) is 8.68. The standard InChI is InChI=1S/C16H31N7/c1-3-21-12-14-22(15-13-21)11-8-19-16(17-2)18-6-4-9-23-10-5-7-20-23/h5,7,10H,3-4,6,8-9,11-15H2,1-2H3,(H2,17,18,19). The molecule has 0 aromatic carbocycles. The highest BCUT2D eigenvalue weighted by atomic mass is 15.3. The van der Waals surface area contributed by atoms with Gasteiger partial charge >= 0.3 is 0 Å². The molecule has 0 aliphatic carbocycles. The Hall–Kier alpha value is -1.60. The zero-order valence-electron chi connectivity index (χ0n) is 14.5. The largest absolute Gasteiger partial charge is 0.356 e. The molecule has 0 bridgehead atoms. The van der Waals surface area contributed by atoms with E-state index in [1.54, 1.807) is 0 Å². The van der Waals surface area contributed by atoms with Crippen molar-refractivity contribution in [2.45, 2.75) is 19.9 Å². The summed E-state index contributed by atoms with van der Waals surface area (Å²) in [5.41, 5.74) is 0. The molecule has 1 aliphatic heterocycles. The number of hydrogen-bond donors (Lipinski definition) is 2. The number of nitrogens with one attached hydrogen (secondary N) is 2. The minimum Gasteiger partial charge on any atom is -0.356 e. The second-order valence-corrected chi connectivity index (χ2v) is 5.82. The number of aromatic nitrogens is 2. The molecule has 7 nitrogen and oxygen atoms in total. The molecule has 0 spiro atoms. The lowest BCUT2D eigenvalue weighted by molar-refractivity contribution is 0.139. The highest BCUT2D eigenvalue weighted by Gasteiger charge is 2.14. The summed E-state index contributed by atoms with van der Waals surface area (Å²) in [6, 6.07) is 1.95. The number of nitrogens with zero attached hydrogens (tertiary/aromatic N) is 5. The Morgan fingerprint density at radius 1 is 1.09 bits per heavy atom. The lowest BCUT2D eigenvalue weighted by atomic mass is 10.3. The van der Waals surface area contributed by atoms with Crippen molar-refractivity contribution in [1.29, 1.82) is 0 Å². The number of likely N-dealkylation sites (N-methyl/N-ethyl adjacent to an activating group) is 1. The zero-order valence-corrected chi connectivity index (χ0v) is 14.5. The first-order chi connectivity index (χ1) is 11.3. The summed E-state index contributed by atoms with van der Waals surface area (Å²) < 4.78 is 1.95. The van der Waals surface area contributed by atoms with Crippen LogP contribution in [-0.2, 0) is 6.54 Å². The van der Waals surface area contributed by atoms with Crippen molar-refractivity contribution in [2.75, 3.05) is 59.4 Å². The van der Waals surface area contributed by atoms with Crippen LogP contribution in [-0.4, -0.2) is 84.9 Å². The van der Waals surface area contributed by atoms with E-state index in [1.807, 2.05) is 30.2 Å². The van der Waals surface area contributed by atoms with Crippen LogP contribution in [0.1, 0.15) is 13.3 Å². The summed E-state index contributed by atoms with van der Waals surface area (Å²) in [6.07, 6.45) is 4.83. The molecule has 0 amide bonds. The molecule has 1 aromatic rings. The Bertz CT molecular complexity index is 435. The monoisotopic (exact) mass is 321 g/mol. The van der Waals surface area contributed by atoms with Gasteiger partial charge in [-0.2, -0.15) is 5.10 Å². The van der Waals surface area contributed by atoms with Gasteiger partial charge in [0.05, 0.1) is 0 Å². The number of piperazine rings is 1. The van der Waals surface area contributed by atoms with E-state index in [1.165, 1.54) is 32.7 Å². The van der Waals surface area contributed by atoms with Gasteiger partial charge in [0.1, 0.15) is 0 Å². The molecule has 130 valence electrons. The molecule has 0 radical (unpaired) electrons. The topological polar surface area (TPSA) is 60.7 Å². The maximum atomic E-state index is 4.28. The van der Waals surface area contributed by atoms with Gasteiger partial charge in [0, 0.05) is 71.8 Å². The lowest BCUT2D eigenvalue weighted by Crippen LogP contribution is -2.49. The normalized spacial score (nSPS) is 17.4. The first kappa shape index (κ1) is 17.7. The number of hydrogen-bond acceptors (Lipinski definition) is 4. The second kappa shape index (κ2) is 10.2. The second-order valence-electron chi connectivity index (χ2n) is 5.82. The van der Waals surface area contributed by atoms with E-state index in [0.717, 1.165) is 38.6 Å². The van der Waals surface area contributed by atoms with Crippen molar-refractivity contribution in [3.8, 4) is 0 Å². The van der Waals surface area contributed by atoms with Crippen LogP contribution in [0, 0.1) is 0 Å². The molecule has 0 unspecified atom stereocenters. The molecule has 1 aliphatic rings. The van der Waals surface area contributed by atoms with E-state index in [-0.39, 0.29) is 0 Å². The van der Waals surface area contributed by atoms with Crippen LogP contribution in [0.2, 0.25) is 0 Å². The van der Waals surface area contributed by atoms with Crippen LogP contribution in [0.5, 0.6) is 0 Å². The zero-order chi connectivity index (χ0) is 16.3. The van der Waals surface area contributed by atoms with E-state index in [4.69, 9.17) is 0 Å². The maximum Gasteiger partial charge on any atom is 0.191 e. The summed E-state index contributed by atoms with van der Waals surface area (Å²) in [5.74, 6) is 0.887. The van der Waals surface area contributed by atoms with Gasteiger partial charge in [0.25, 0.3) is 0 Å². The molecule has 23 heavy (non-hydrogen) atoms. The van der Waals surface area contributed by atoms with Crippen LogP contribution >= 0.6 is 0 Å². The minimum absolute atomic E-state index is 0.887. The Kier molecular flexibility index (Phi) is 7.89. The van der Waals surface area contributed by atoms with Gasteiger partial charge in [-0.15, -0.1) is 0 Å². The molecule has 1 fully saturated rings. The summed E-state index contributed by atoms with van der Waals surface area (Å²) in [5, 5.41) is 11.0. The average Bonchev–Trinajstić information content (AvgIpc) is 3.11. The minimum atomic E-state index is 0.887. The Morgan fingerprint density at radius 2 is 1.83 bits per heavy atom. The van der Waals surface area contributed by atoms with Gasteiger partial charge < -0.3 is 15.5 Å².